The first kappa shape index (κ1) is 26.3. The van der Waals surface area contributed by atoms with Gasteiger partial charge in [-0.1, -0.05) is 29.2 Å². The van der Waals surface area contributed by atoms with E-state index < -0.39 is 29.2 Å². The first-order valence-corrected chi connectivity index (χ1v) is 14.5. The van der Waals surface area contributed by atoms with Crippen molar-refractivity contribution in [3.8, 4) is 5.75 Å². The van der Waals surface area contributed by atoms with Crippen molar-refractivity contribution < 1.29 is 28.6 Å². The van der Waals surface area contributed by atoms with Crippen LogP contribution >= 0.6 is 34.9 Å². The van der Waals surface area contributed by atoms with Crippen molar-refractivity contribution in [2.24, 2.45) is 0 Å². The predicted molar refractivity (Wildman–Crippen MR) is 143 cm³/mol. The lowest BCUT2D eigenvalue weighted by atomic mass is 10.0. The molecule has 2 aliphatic rings. The van der Waals surface area contributed by atoms with Crippen LogP contribution < -0.4 is 10.1 Å². The number of ether oxygens (including phenoxy) is 1. The van der Waals surface area contributed by atoms with Crippen molar-refractivity contribution in [2.75, 3.05) is 11.5 Å². The number of carbonyl (C=O) groups excluding carboxylic acids is 2. The van der Waals surface area contributed by atoms with Crippen LogP contribution in [0.1, 0.15) is 32.4 Å². The first-order chi connectivity index (χ1) is 18.2. The highest BCUT2D eigenvalue weighted by Crippen LogP contribution is 2.42. The molecule has 1 saturated heterocycles. The normalized spacial score (nSPS) is 18.7. The summed E-state index contributed by atoms with van der Waals surface area (Å²) in [5.74, 6) is -0.160. The van der Waals surface area contributed by atoms with Gasteiger partial charge in [0.25, 0.3) is 11.8 Å². The van der Waals surface area contributed by atoms with Gasteiger partial charge in [0.15, 0.2) is 10.1 Å². The fourth-order valence-electron chi connectivity index (χ4n) is 4.03. The summed E-state index contributed by atoms with van der Waals surface area (Å²) in [6, 6.07) is 8.10. The molecule has 0 bridgehead atoms. The SMILES string of the molecule is Cc1nnc(SCC2=C(C(=O)O)N3C(=O)[C@H](NC(=O)c4ccc(COc5ccc(C)c(C)c5)o4)[C@@H]3SC2)s1. The van der Waals surface area contributed by atoms with E-state index in [1.54, 1.807) is 6.07 Å². The van der Waals surface area contributed by atoms with E-state index in [9.17, 15) is 19.5 Å². The third-order valence-electron chi connectivity index (χ3n) is 6.16. The predicted octanol–water partition coefficient (Wildman–Crippen LogP) is 3.78. The van der Waals surface area contributed by atoms with Crippen molar-refractivity contribution in [1.29, 1.82) is 0 Å². The van der Waals surface area contributed by atoms with Crippen LogP contribution in [0, 0.1) is 20.8 Å². The molecule has 2 amide bonds. The number of aliphatic carboxylic acids is 1. The summed E-state index contributed by atoms with van der Waals surface area (Å²) in [5.41, 5.74) is 2.88. The van der Waals surface area contributed by atoms with E-state index in [0.29, 0.717) is 28.6 Å². The number of β-lactam (4-membered cyclic amide) rings is 1. The number of hydrogen-bond acceptors (Lipinski definition) is 10. The van der Waals surface area contributed by atoms with Gasteiger partial charge in [-0.2, -0.15) is 0 Å². The second kappa shape index (κ2) is 10.8. The van der Waals surface area contributed by atoms with E-state index in [4.69, 9.17) is 9.15 Å². The molecule has 1 aromatic carbocycles. The minimum atomic E-state index is -1.17. The van der Waals surface area contributed by atoms with Gasteiger partial charge in [-0.3, -0.25) is 14.5 Å². The van der Waals surface area contributed by atoms with E-state index in [1.807, 2.05) is 39.0 Å². The molecule has 0 unspecified atom stereocenters. The second-order valence-electron chi connectivity index (χ2n) is 8.79. The molecule has 3 aromatic rings. The van der Waals surface area contributed by atoms with E-state index in [1.165, 1.54) is 51.4 Å². The highest BCUT2D eigenvalue weighted by Gasteiger charge is 2.54. The molecule has 4 heterocycles. The fourth-order valence-corrected chi connectivity index (χ4v) is 7.33. The van der Waals surface area contributed by atoms with Crippen LogP contribution in [-0.2, 0) is 16.2 Å². The number of carboxylic acids is 1. The molecule has 2 atom stereocenters. The van der Waals surface area contributed by atoms with Crippen LogP contribution in [0.5, 0.6) is 5.75 Å². The quantitative estimate of drug-likeness (QED) is 0.288. The molecule has 2 aliphatic heterocycles. The first-order valence-electron chi connectivity index (χ1n) is 11.6. The van der Waals surface area contributed by atoms with Gasteiger partial charge in [0, 0.05) is 11.5 Å². The Bertz CT molecular complexity index is 1450. The molecule has 5 rings (SSSR count). The van der Waals surface area contributed by atoms with Crippen molar-refractivity contribution in [3.63, 3.8) is 0 Å². The summed E-state index contributed by atoms with van der Waals surface area (Å²) < 4.78 is 12.1. The highest BCUT2D eigenvalue weighted by molar-refractivity contribution is 8.01. The van der Waals surface area contributed by atoms with Crippen molar-refractivity contribution in [1.82, 2.24) is 20.4 Å². The average Bonchev–Trinajstić information content (AvgIpc) is 3.54. The summed E-state index contributed by atoms with van der Waals surface area (Å²) in [5, 5.41) is 20.9. The number of aromatic nitrogens is 2. The fraction of sp³-hybridized carbons (Fsp3) is 0.320. The number of hydrogen-bond donors (Lipinski definition) is 2. The number of benzene rings is 1. The Hall–Kier alpha value is -3.29. The van der Waals surface area contributed by atoms with Crippen molar-refractivity contribution >= 4 is 52.6 Å². The molecule has 2 N–H and O–H groups in total. The van der Waals surface area contributed by atoms with Crippen LogP contribution in [0.3, 0.4) is 0 Å². The zero-order chi connectivity index (χ0) is 27.0. The number of aryl methyl sites for hydroxylation is 3. The molecule has 10 nitrogen and oxygen atoms in total. The Morgan fingerprint density at radius 2 is 2.03 bits per heavy atom. The Labute approximate surface area is 230 Å². The Balaban J connectivity index is 1.20. The summed E-state index contributed by atoms with van der Waals surface area (Å²) in [7, 11) is 0. The number of carbonyl (C=O) groups is 3. The average molecular weight is 573 g/mol. The van der Waals surface area contributed by atoms with E-state index in [-0.39, 0.29) is 18.1 Å². The number of amides is 2. The maximum absolute atomic E-state index is 12.9. The molecule has 1 fully saturated rings. The summed E-state index contributed by atoms with van der Waals surface area (Å²) in [6.07, 6.45) is 0. The van der Waals surface area contributed by atoms with Gasteiger partial charge >= 0.3 is 5.97 Å². The molecule has 2 aromatic heterocycles. The summed E-state index contributed by atoms with van der Waals surface area (Å²) in [6.45, 7) is 6.02. The van der Waals surface area contributed by atoms with Gasteiger partial charge in [0.05, 0.1) is 0 Å². The maximum atomic E-state index is 12.9. The number of fused-ring (bicyclic) bond motifs is 1. The summed E-state index contributed by atoms with van der Waals surface area (Å²) >= 11 is 4.24. The standard InChI is InChI=1S/C25H24N4O6S3/c1-12-4-5-16(8-13(12)2)34-9-17-6-7-18(35-17)21(30)26-19-22(31)29-20(24(32)33)15(10-36-23(19)29)11-37-25-28-27-14(3)38-25/h4-8,19,23H,9-11H2,1-3H3,(H,26,30)(H,32,33)/t19-,23-/m0/s1. The van der Waals surface area contributed by atoms with E-state index in [0.717, 1.165) is 14.9 Å². The number of furan rings is 1. The summed E-state index contributed by atoms with van der Waals surface area (Å²) in [4.78, 5) is 39.1. The van der Waals surface area contributed by atoms with Gasteiger partial charge in [-0.25, -0.2) is 4.79 Å². The molecule has 0 saturated carbocycles. The molecule has 0 radical (unpaired) electrons. The van der Waals surface area contributed by atoms with Crippen molar-refractivity contribution in [3.05, 3.63) is 69.3 Å². The molecular weight excluding hydrogens is 548 g/mol. The third-order valence-corrected chi connectivity index (χ3v) is 9.56. The van der Waals surface area contributed by atoms with Gasteiger partial charge in [-0.15, -0.1) is 22.0 Å². The molecular formula is C25H24N4O6S3. The third kappa shape index (κ3) is 5.31. The Morgan fingerprint density at radius 1 is 1.21 bits per heavy atom. The molecule has 38 heavy (non-hydrogen) atoms. The van der Waals surface area contributed by atoms with Crippen LogP contribution in [0.15, 0.2) is 50.4 Å². The molecule has 198 valence electrons. The highest BCUT2D eigenvalue weighted by atomic mass is 32.2. The van der Waals surface area contributed by atoms with E-state index >= 15 is 0 Å². The van der Waals surface area contributed by atoms with Crippen LogP contribution in [0.25, 0.3) is 0 Å². The number of nitrogens with zero attached hydrogens (tertiary/aromatic N) is 3. The molecule has 13 heteroatoms. The molecule has 0 spiro atoms. The van der Waals surface area contributed by atoms with Crippen LogP contribution in [0.2, 0.25) is 0 Å². The zero-order valence-electron chi connectivity index (χ0n) is 20.7. The Morgan fingerprint density at radius 3 is 2.74 bits per heavy atom. The number of carboxylic acid groups (broad SMARTS) is 1. The van der Waals surface area contributed by atoms with Gasteiger partial charge in [0.2, 0.25) is 0 Å². The lowest BCUT2D eigenvalue weighted by Crippen LogP contribution is -2.70. The largest absolute Gasteiger partial charge is 0.486 e. The lowest BCUT2D eigenvalue weighted by Gasteiger charge is -2.49. The number of thioether (sulfide) groups is 2. The monoisotopic (exact) mass is 572 g/mol. The van der Waals surface area contributed by atoms with Gasteiger partial charge in [-0.05, 0) is 61.7 Å². The topological polar surface area (TPSA) is 135 Å². The number of rotatable bonds is 9. The number of nitrogens with one attached hydrogen (secondary N) is 1. The van der Waals surface area contributed by atoms with E-state index in [2.05, 4.69) is 15.5 Å². The minimum Gasteiger partial charge on any atom is -0.486 e. The van der Waals surface area contributed by atoms with Gasteiger partial charge in [0.1, 0.15) is 40.2 Å². The zero-order valence-corrected chi connectivity index (χ0v) is 23.2. The molecule has 0 aliphatic carbocycles. The Kier molecular flexibility index (Phi) is 7.50. The van der Waals surface area contributed by atoms with Crippen LogP contribution in [-0.4, -0.2) is 60.9 Å². The van der Waals surface area contributed by atoms with Crippen molar-refractivity contribution in [2.45, 2.75) is 43.1 Å². The van der Waals surface area contributed by atoms with Gasteiger partial charge < -0.3 is 19.6 Å². The lowest BCUT2D eigenvalue weighted by molar-refractivity contribution is -0.148. The minimum absolute atomic E-state index is 0.0261. The maximum Gasteiger partial charge on any atom is 0.352 e. The second-order valence-corrected chi connectivity index (χ2v) is 12.3. The van der Waals surface area contributed by atoms with Crippen LogP contribution in [0.4, 0.5) is 0 Å². The smallest absolute Gasteiger partial charge is 0.352 e.